The molecular formula is C17H28O. The second kappa shape index (κ2) is 5.19. The molecule has 4 unspecified atom stereocenters. The van der Waals surface area contributed by atoms with Gasteiger partial charge < -0.3 is 4.79 Å². The van der Waals surface area contributed by atoms with Crippen LogP contribution in [0.25, 0.3) is 0 Å². The summed E-state index contributed by atoms with van der Waals surface area (Å²) in [5.41, 5.74) is 1.51. The number of rotatable bonds is 5. The molecule has 0 radical (unpaired) electrons. The van der Waals surface area contributed by atoms with Gasteiger partial charge in [0, 0.05) is 5.41 Å². The van der Waals surface area contributed by atoms with E-state index in [1.807, 2.05) is 0 Å². The van der Waals surface area contributed by atoms with E-state index in [2.05, 4.69) is 33.8 Å². The third-order valence-corrected chi connectivity index (χ3v) is 5.28. The quantitative estimate of drug-likeness (QED) is 0.512. The molecule has 1 fully saturated rings. The van der Waals surface area contributed by atoms with Gasteiger partial charge in [-0.25, -0.2) is 0 Å². The van der Waals surface area contributed by atoms with Crippen molar-refractivity contribution in [1.82, 2.24) is 0 Å². The monoisotopic (exact) mass is 248 g/mol. The number of carbonyl (C=O) groups excluding carboxylic acids is 1. The molecular weight excluding hydrogens is 220 g/mol. The topological polar surface area (TPSA) is 17.1 Å². The first-order valence-corrected chi connectivity index (χ1v) is 7.69. The summed E-state index contributed by atoms with van der Waals surface area (Å²) in [6, 6.07) is 0. The Labute approximate surface area is 112 Å². The van der Waals surface area contributed by atoms with Crippen molar-refractivity contribution in [2.45, 2.75) is 59.8 Å². The molecule has 1 nitrogen and oxygen atoms in total. The van der Waals surface area contributed by atoms with Crippen LogP contribution in [0.1, 0.15) is 59.8 Å². The van der Waals surface area contributed by atoms with Crippen LogP contribution < -0.4 is 0 Å². The van der Waals surface area contributed by atoms with Gasteiger partial charge in [-0.05, 0) is 56.3 Å². The zero-order valence-electron chi connectivity index (χ0n) is 12.4. The molecule has 0 amide bonds. The summed E-state index contributed by atoms with van der Waals surface area (Å²) in [6.45, 7) is 9.05. The normalized spacial score (nSPS) is 38.9. The molecule has 102 valence electrons. The summed E-state index contributed by atoms with van der Waals surface area (Å²) < 4.78 is 0. The minimum atomic E-state index is -0.0490. The maximum Gasteiger partial charge on any atom is 0.127 e. The third-order valence-electron chi connectivity index (χ3n) is 5.28. The van der Waals surface area contributed by atoms with Gasteiger partial charge in [0.1, 0.15) is 6.29 Å². The molecule has 0 saturated heterocycles. The van der Waals surface area contributed by atoms with Gasteiger partial charge in [-0.2, -0.15) is 0 Å². The van der Waals surface area contributed by atoms with Crippen LogP contribution in [0.3, 0.4) is 0 Å². The number of hydrogen-bond donors (Lipinski definition) is 0. The van der Waals surface area contributed by atoms with E-state index in [0.717, 1.165) is 6.42 Å². The molecule has 0 N–H and O–H groups in total. The lowest BCUT2D eigenvalue weighted by molar-refractivity contribution is -0.129. The molecule has 0 aromatic rings. The van der Waals surface area contributed by atoms with Gasteiger partial charge in [-0.15, -0.1) is 0 Å². The SMILES string of the molecule is CCCC1C2CCC(C=C2C)C1(C=O)CC(C)C. The van der Waals surface area contributed by atoms with Crippen molar-refractivity contribution in [1.29, 1.82) is 0 Å². The molecule has 1 saturated carbocycles. The molecule has 0 heterocycles. The highest BCUT2D eigenvalue weighted by molar-refractivity contribution is 5.63. The predicted octanol–water partition coefficient (Wildman–Crippen LogP) is 4.62. The van der Waals surface area contributed by atoms with Crippen LogP contribution in [0, 0.1) is 29.1 Å². The summed E-state index contributed by atoms with van der Waals surface area (Å²) in [7, 11) is 0. The number of hydrogen-bond acceptors (Lipinski definition) is 1. The predicted molar refractivity (Wildman–Crippen MR) is 76.3 cm³/mol. The number of allylic oxidation sites excluding steroid dienone is 2. The highest BCUT2D eigenvalue weighted by Gasteiger charge is 2.53. The van der Waals surface area contributed by atoms with Gasteiger partial charge >= 0.3 is 0 Å². The Bertz CT molecular complexity index is 342. The van der Waals surface area contributed by atoms with Crippen molar-refractivity contribution in [2.24, 2.45) is 29.1 Å². The van der Waals surface area contributed by atoms with Crippen molar-refractivity contribution in [3.8, 4) is 0 Å². The molecule has 4 atom stereocenters. The Balaban J connectivity index is 2.38. The van der Waals surface area contributed by atoms with Crippen LogP contribution in [0.15, 0.2) is 11.6 Å². The van der Waals surface area contributed by atoms with E-state index in [-0.39, 0.29) is 5.41 Å². The maximum absolute atomic E-state index is 12.0. The smallest absolute Gasteiger partial charge is 0.127 e. The standard InChI is InChI=1S/C17H28O/c1-5-6-16-15-8-7-14(9-13(15)4)17(16,11-18)10-12(2)3/h9,11-12,14-16H,5-8,10H2,1-4H3. The molecule has 3 aliphatic rings. The zero-order chi connectivity index (χ0) is 13.3. The van der Waals surface area contributed by atoms with Crippen molar-refractivity contribution in [3.05, 3.63) is 11.6 Å². The largest absolute Gasteiger partial charge is 0.303 e. The highest BCUT2D eigenvalue weighted by atomic mass is 16.1. The minimum Gasteiger partial charge on any atom is -0.303 e. The van der Waals surface area contributed by atoms with Gasteiger partial charge in [-0.3, -0.25) is 0 Å². The van der Waals surface area contributed by atoms with Gasteiger partial charge in [0.2, 0.25) is 0 Å². The molecule has 0 spiro atoms. The Morgan fingerprint density at radius 2 is 2.17 bits per heavy atom. The van der Waals surface area contributed by atoms with Gasteiger partial charge in [-0.1, -0.05) is 38.8 Å². The van der Waals surface area contributed by atoms with Crippen LogP contribution in [-0.4, -0.2) is 6.29 Å². The first-order valence-electron chi connectivity index (χ1n) is 7.69. The molecule has 18 heavy (non-hydrogen) atoms. The maximum atomic E-state index is 12.0. The van der Waals surface area contributed by atoms with Crippen molar-refractivity contribution in [3.63, 3.8) is 0 Å². The first kappa shape index (κ1) is 13.8. The molecule has 0 aromatic heterocycles. The fourth-order valence-electron chi connectivity index (χ4n) is 4.72. The second-order valence-corrected chi connectivity index (χ2v) is 6.92. The number of carbonyl (C=O) groups is 1. The average molecular weight is 248 g/mol. The van der Waals surface area contributed by atoms with Crippen LogP contribution in [0.5, 0.6) is 0 Å². The van der Waals surface area contributed by atoms with E-state index in [0.29, 0.717) is 23.7 Å². The fourth-order valence-corrected chi connectivity index (χ4v) is 4.72. The van der Waals surface area contributed by atoms with E-state index < -0.39 is 0 Å². The third kappa shape index (κ3) is 2.06. The summed E-state index contributed by atoms with van der Waals surface area (Å²) in [6.07, 6.45) is 9.81. The fraction of sp³-hybridized carbons (Fsp3) is 0.824. The molecule has 0 aliphatic heterocycles. The van der Waals surface area contributed by atoms with Crippen LogP contribution >= 0.6 is 0 Å². The zero-order valence-corrected chi connectivity index (χ0v) is 12.4. The summed E-state index contributed by atoms with van der Waals surface area (Å²) in [5.74, 6) is 2.41. The van der Waals surface area contributed by atoms with Gasteiger partial charge in [0.25, 0.3) is 0 Å². The van der Waals surface area contributed by atoms with Crippen LogP contribution in [0.4, 0.5) is 0 Å². The summed E-state index contributed by atoms with van der Waals surface area (Å²) in [4.78, 5) is 12.0. The van der Waals surface area contributed by atoms with Crippen molar-refractivity contribution < 1.29 is 4.79 Å². The lowest BCUT2D eigenvalue weighted by Gasteiger charge is -2.54. The molecule has 3 rings (SSSR count). The van der Waals surface area contributed by atoms with Crippen molar-refractivity contribution in [2.75, 3.05) is 0 Å². The van der Waals surface area contributed by atoms with Crippen LogP contribution in [-0.2, 0) is 4.79 Å². The Kier molecular flexibility index (Phi) is 3.99. The molecule has 1 heteroatoms. The van der Waals surface area contributed by atoms with Gasteiger partial charge in [0.15, 0.2) is 0 Å². The summed E-state index contributed by atoms with van der Waals surface area (Å²) in [5, 5.41) is 0. The van der Waals surface area contributed by atoms with E-state index in [1.165, 1.54) is 32.0 Å². The lowest BCUT2D eigenvalue weighted by atomic mass is 9.49. The van der Waals surface area contributed by atoms with Crippen LogP contribution in [0.2, 0.25) is 0 Å². The highest BCUT2D eigenvalue weighted by Crippen LogP contribution is 2.58. The number of aldehydes is 1. The second-order valence-electron chi connectivity index (χ2n) is 6.92. The van der Waals surface area contributed by atoms with E-state index >= 15 is 0 Å². The Morgan fingerprint density at radius 3 is 2.67 bits per heavy atom. The number of fused-ring (bicyclic) bond motifs is 2. The average Bonchev–Trinajstić information content (AvgIpc) is 2.32. The molecule has 2 bridgehead atoms. The Hall–Kier alpha value is -0.590. The molecule has 0 aromatic carbocycles. The lowest BCUT2D eigenvalue weighted by Crippen LogP contribution is -2.50. The summed E-state index contributed by atoms with van der Waals surface area (Å²) >= 11 is 0. The van der Waals surface area contributed by atoms with Gasteiger partial charge in [0.05, 0.1) is 0 Å². The van der Waals surface area contributed by atoms with E-state index in [9.17, 15) is 4.79 Å². The van der Waals surface area contributed by atoms with E-state index in [1.54, 1.807) is 5.57 Å². The van der Waals surface area contributed by atoms with E-state index in [4.69, 9.17) is 0 Å². The molecule has 3 aliphatic carbocycles. The minimum absolute atomic E-state index is 0.0490. The first-order chi connectivity index (χ1) is 8.55. The Morgan fingerprint density at radius 1 is 1.44 bits per heavy atom. The van der Waals surface area contributed by atoms with Crippen molar-refractivity contribution >= 4 is 6.29 Å².